The SMILES string of the molecule is CC(=O)Nc1ccc(Cl)cc1-c1ccc(-c2cccc3nc(N)n(Cc4cccc5[nH]ccc45)c23)cc1. The third-order valence-electron chi connectivity index (χ3n) is 6.61. The lowest BCUT2D eigenvalue weighted by Crippen LogP contribution is -2.06. The number of nitrogen functional groups attached to an aromatic ring is 1. The van der Waals surface area contributed by atoms with Gasteiger partial charge in [0.25, 0.3) is 0 Å². The van der Waals surface area contributed by atoms with E-state index in [1.165, 1.54) is 17.9 Å². The van der Waals surface area contributed by atoms with Crippen molar-refractivity contribution in [1.82, 2.24) is 14.5 Å². The van der Waals surface area contributed by atoms with Crippen molar-refractivity contribution in [3.05, 3.63) is 102 Å². The van der Waals surface area contributed by atoms with E-state index in [4.69, 9.17) is 17.3 Å². The first kappa shape index (κ1) is 22.9. The number of carbonyl (C=O) groups is 1. The number of nitrogens with one attached hydrogen (secondary N) is 2. The number of para-hydroxylation sites is 1. The predicted octanol–water partition coefficient (Wildman–Crippen LogP) is 7.09. The molecule has 0 aliphatic heterocycles. The van der Waals surface area contributed by atoms with Gasteiger partial charge in [0.15, 0.2) is 0 Å². The maximum absolute atomic E-state index is 11.7. The number of imidazole rings is 1. The zero-order chi connectivity index (χ0) is 25.5. The summed E-state index contributed by atoms with van der Waals surface area (Å²) in [6.45, 7) is 2.10. The summed E-state index contributed by atoms with van der Waals surface area (Å²) in [6, 6.07) is 28.1. The van der Waals surface area contributed by atoms with E-state index in [1.54, 1.807) is 6.07 Å². The molecule has 0 aliphatic carbocycles. The fourth-order valence-electron chi connectivity index (χ4n) is 4.94. The summed E-state index contributed by atoms with van der Waals surface area (Å²) in [7, 11) is 0. The van der Waals surface area contributed by atoms with Gasteiger partial charge < -0.3 is 20.6 Å². The van der Waals surface area contributed by atoms with E-state index in [-0.39, 0.29) is 5.91 Å². The average molecular weight is 506 g/mol. The molecule has 37 heavy (non-hydrogen) atoms. The van der Waals surface area contributed by atoms with E-state index in [1.807, 2.05) is 48.7 Å². The lowest BCUT2D eigenvalue weighted by atomic mass is 9.98. The molecule has 6 aromatic rings. The number of rotatable bonds is 5. The largest absolute Gasteiger partial charge is 0.369 e. The Morgan fingerprint density at radius 1 is 0.973 bits per heavy atom. The molecule has 6 nitrogen and oxygen atoms in total. The van der Waals surface area contributed by atoms with Gasteiger partial charge in [-0.3, -0.25) is 4.79 Å². The number of halogens is 1. The number of nitrogens with zero attached hydrogens (tertiary/aromatic N) is 2. The maximum Gasteiger partial charge on any atom is 0.221 e. The zero-order valence-electron chi connectivity index (χ0n) is 20.1. The van der Waals surface area contributed by atoms with Crippen molar-refractivity contribution < 1.29 is 4.79 Å². The first-order valence-electron chi connectivity index (χ1n) is 12.0. The molecule has 4 N–H and O–H groups in total. The molecular formula is C30H24ClN5O. The van der Waals surface area contributed by atoms with Crippen molar-refractivity contribution in [3.63, 3.8) is 0 Å². The number of anilines is 2. The van der Waals surface area contributed by atoms with Crippen LogP contribution in [0.5, 0.6) is 0 Å². The van der Waals surface area contributed by atoms with Crippen LogP contribution in [0.3, 0.4) is 0 Å². The molecule has 0 spiro atoms. The Morgan fingerprint density at radius 3 is 2.51 bits per heavy atom. The van der Waals surface area contributed by atoms with E-state index < -0.39 is 0 Å². The number of nitrogens with two attached hydrogens (primary N) is 1. The fraction of sp³-hybridized carbons (Fsp3) is 0.0667. The van der Waals surface area contributed by atoms with Crippen LogP contribution in [0.2, 0.25) is 5.02 Å². The zero-order valence-corrected chi connectivity index (χ0v) is 20.9. The quantitative estimate of drug-likeness (QED) is 0.233. The van der Waals surface area contributed by atoms with Crippen molar-refractivity contribution in [1.29, 1.82) is 0 Å². The topological polar surface area (TPSA) is 88.7 Å². The molecule has 0 bridgehead atoms. The lowest BCUT2D eigenvalue weighted by molar-refractivity contribution is -0.114. The normalized spacial score (nSPS) is 11.3. The molecule has 2 heterocycles. The average Bonchev–Trinajstić information content (AvgIpc) is 3.50. The highest BCUT2D eigenvalue weighted by molar-refractivity contribution is 6.31. The monoisotopic (exact) mass is 505 g/mol. The minimum atomic E-state index is -0.131. The number of H-pyrrole nitrogens is 1. The first-order chi connectivity index (χ1) is 18.0. The molecular weight excluding hydrogens is 482 g/mol. The summed E-state index contributed by atoms with van der Waals surface area (Å²) < 4.78 is 2.08. The number of aromatic amines is 1. The molecule has 0 unspecified atom stereocenters. The molecule has 2 aromatic heterocycles. The minimum absolute atomic E-state index is 0.131. The highest BCUT2D eigenvalue weighted by atomic mass is 35.5. The summed E-state index contributed by atoms with van der Waals surface area (Å²) in [5, 5.41) is 4.66. The van der Waals surface area contributed by atoms with Crippen LogP contribution in [-0.2, 0) is 11.3 Å². The van der Waals surface area contributed by atoms with E-state index in [2.05, 4.69) is 56.3 Å². The minimum Gasteiger partial charge on any atom is -0.369 e. The third-order valence-corrected chi connectivity index (χ3v) is 6.84. The fourth-order valence-corrected chi connectivity index (χ4v) is 5.11. The molecule has 0 saturated heterocycles. The van der Waals surface area contributed by atoms with Gasteiger partial charge in [0.05, 0.1) is 17.6 Å². The van der Waals surface area contributed by atoms with Gasteiger partial charge in [-0.05, 0) is 53.1 Å². The summed E-state index contributed by atoms with van der Waals surface area (Å²) in [5.74, 6) is 0.346. The van der Waals surface area contributed by atoms with Crippen molar-refractivity contribution in [2.45, 2.75) is 13.5 Å². The lowest BCUT2D eigenvalue weighted by Gasteiger charge is -2.13. The standard InChI is InChI=1S/C30H24ClN5O/c1-18(37)34-27-13-12-22(31)16-25(27)20-10-8-19(9-11-20)24-5-3-7-28-29(24)36(30(32)35-28)17-21-4-2-6-26-23(21)14-15-33-26/h2-16,33H,17H2,1H3,(H2,32,35)(H,34,37). The molecule has 0 saturated carbocycles. The van der Waals surface area contributed by atoms with Gasteiger partial charge in [-0.1, -0.05) is 60.1 Å². The molecule has 0 radical (unpaired) electrons. The summed E-state index contributed by atoms with van der Waals surface area (Å²) >= 11 is 6.27. The molecule has 0 aliphatic rings. The van der Waals surface area contributed by atoms with E-state index in [0.29, 0.717) is 17.5 Å². The first-order valence-corrected chi connectivity index (χ1v) is 12.3. The Morgan fingerprint density at radius 2 is 1.73 bits per heavy atom. The van der Waals surface area contributed by atoms with Crippen LogP contribution in [0.25, 0.3) is 44.2 Å². The van der Waals surface area contributed by atoms with Gasteiger partial charge in [0.2, 0.25) is 11.9 Å². The second-order valence-electron chi connectivity index (χ2n) is 9.03. The Kier molecular flexibility index (Phi) is 5.66. The van der Waals surface area contributed by atoms with Crippen molar-refractivity contribution in [2.75, 3.05) is 11.1 Å². The summed E-state index contributed by atoms with van der Waals surface area (Å²) in [6.07, 6.45) is 1.95. The van der Waals surface area contributed by atoms with Crippen molar-refractivity contribution in [3.8, 4) is 22.3 Å². The van der Waals surface area contributed by atoms with Gasteiger partial charge in [-0.15, -0.1) is 0 Å². The number of hydrogen-bond donors (Lipinski definition) is 3. The Balaban J connectivity index is 1.43. The Labute approximate surface area is 218 Å². The number of fused-ring (bicyclic) bond motifs is 2. The number of hydrogen-bond acceptors (Lipinski definition) is 3. The van der Waals surface area contributed by atoms with Crippen LogP contribution < -0.4 is 11.1 Å². The van der Waals surface area contributed by atoms with Gasteiger partial charge in [0.1, 0.15) is 0 Å². The van der Waals surface area contributed by atoms with Crippen LogP contribution in [0, 0.1) is 0 Å². The molecule has 0 atom stereocenters. The number of aromatic nitrogens is 3. The van der Waals surface area contributed by atoms with Crippen LogP contribution >= 0.6 is 11.6 Å². The van der Waals surface area contributed by atoms with Crippen molar-refractivity contribution in [2.24, 2.45) is 0 Å². The molecule has 182 valence electrons. The second-order valence-corrected chi connectivity index (χ2v) is 9.47. The molecule has 6 rings (SSSR count). The highest BCUT2D eigenvalue weighted by Crippen LogP contribution is 2.35. The van der Waals surface area contributed by atoms with Gasteiger partial charge in [-0.2, -0.15) is 0 Å². The molecule has 4 aromatic carbocycles. The van der Waals surface area contributed by atoms with Gasteiger partial charge in [-0.25, -0.2) is 4.98 Å². The smallest absolute Gasteiger partial charge is 0.221 e. The van der Waals surface area contributed by atoms with Crippen LogP contribution in [-0.4, -0.2) is 20.4 Å². The molecule has 1 amide bonds. The number of carbonyl (C=O) groups excluding carboxylic acids is 1. The molecule has 0 fully saturated rings. The van der Waals surface area contributed by atoms with Crippen LogP contribution in [0.15, 0.2) is 91.1 Å². The van der Waals surface area contributed by atoms with E-state index >= 15 is 0 Å². The predicted molar refractivity (Wildman–Crippen MR) is 152 cm³/mol. The van der Waals surface area contributed by atoms with Crippen LogP contribution in [0.4, 0.5) is 11.6 Å². The maximum atomic E-state index is 11.7. The van der Waals surface area contributed by atoms with E-state index in [0.717, 1.165) is 44.5 Å². The Hall–Kier alpha value is -4.55. The van der Waals surface area contributed by atoms with Crippen molar-refractivity contribution >= 4 is 51.1 Å². The number of benzene rings is 4. The Bertz CT molecular complexity index is 1780. The van der Waals surface area contributed by atoms with Gasteiger partial charge in [0, 0.05) is 45.9 Å². The summed E-state index contributed by atoms with van der Waals surface area (Å²) in [4.78, 5) is 19.6. The summed E-state index contributed by atoms with van der Waals surface area (Å²) in [5.41, 5.74) is 15.2. The van der Waals surface area contributed by atoms with E-state index in [9.17, 15) is 4.79 Å². The third kappa shape index (κ3) is 4.21. The van der Waals surface area contributed by atoms with Crippen LogP contribution in [0.1, 0.15) is 12.5 Å². The number of amides is 1. The molecule has 7 heteroatoms. The second kappa shape index (κ2) is 9.15. The highest BCUT2D eigenvalue weighted by Gasteiger charge is 2.16. The van der Waals surface area contributed by atoms with Gasteiger partial charge >= 0.3 is 0 Å².